The number of amides is 2. The van der Waals surface area contributed by atoms with Crippen LogP contribution in [-0.4, -0.2) is 43.2 Å². The molecule has 0 aliphatic heterocycles. The largest absolute Gasteiger partial charge is 0.334 e. The Labute approximate surface area is 87.0 Å². The highest BCUT2D eigenvalue weighted by Crippen LogP contribution is 1.97. The van der Waals surface area contributed by atoms with Crippen LogP contribution in [0.2, 0.25) is 0 Å². The lowest BCUT2D eigenvalue weighted by atomic mass is 10.1. The first-order chi connectivity index (χ1) is 6.20. The van der Waals surface area contributed by atoms with Crippen molar-refractivity contribution in [3.05, 3.63) is 0 Å². The zero-order valence-corrected chi connectivity index (χ0v) is 10.1. The molecule has 0 aromatic carbocycles. The standard InChI is InChI=1S/C10H23N3O/c1-8(7-13(5)6)11-9(14)12-10(2,3)4/h8H,7H2,1-6H3,(H2,11,12,14). The van der Waals surface area contributed by atoms with Crippen molar-refractivity contribution >= 4 is 6.03 Å². The van der Waals surface area contributed by atoms with Crippen LogP contribution < -0.4 is 10.6 Å². The quantitative estimate of drug-likeness (QED) is 0.716. The number of urea groups is 1. The molecule has 14 heavy (non-hydrogen) atoms. The van der Waals surface area contributed by atoms with Gasteiger partial charge in [-0.25, -0.2) is 4.79 Å². The average molecular weight is 201 g/mol. The second kappa shape index (κ2) is 5.20. The maximum Gasteiger partial charge on any atom is 0.315 e. The fraction of sp³-hybridized carbons (Fsp3) is 0.900. The van der Waals surface area contributed by atoms with Gasteiger partial charge in [0, 0.05) is 18.1 Å². The van der Waals surface area contributed by atoms with Gasteiger partial charge in [0.25, 0.3) is 0 Å². The van der Waals surface area contributed by atoms with Crippen LogP contribution in [0.4, 0.5) is 4.79 Å². The molecule has 0 aliphatic rings. The Bertz CT molecular complexity index is 184. The fourth-order valence-electron chi connectivity index (χ4n) is 1.19. The lowest BCUT2D eigenvalue weighted by Crippen LogP contribution is -2.50. The lowest BCUT2D eigenvalue weighted by Gasteiger charge is -2.24. The van der Waals surface area contributed by atoms with Gasteiger partial charge in [0.2, 0.25) is 0 Å². The van der Waals surface area contributed by atoms with Crippen LogP contribution in [0.5, 0.6) is 0 Å². The second-order valence-corrected chi connectivity index (χ2v) is 5.01. The van der Waals surface area contributed by atoms with Gasteiger partial charge in [-0.3, -0.25) is 0 Å². The monoisotopic (exact) mass is 201 g/mol. The summed E-state index contributed by atoms with van der Waals surface area (Å²) in [4.78, 5) is 13.5. The van der Waals surface area contributed by atoms with Crippen molar-refractivity contribution in [2.45, 2.75) is 39.3 Å². The van der Waals surface area contributed by atoms with Crippen molar-refractivity contribution in [3.63, 3.8) is 0 Å². The lowest BCUT2D eigenvalue weighted by molar-refractivity contribution is 0.225. The van der Waals surface area contributed by atoms with E-state index >= 15 is 0 Å². The number of nitrogens with zero attached hydrogens (tertiary/aromatic N) is 1. The van der Waals surface area contributed by atoms with Gasteiger partial charge in [-0.15, -0.1) is 0 Å². The molecular formula is C10H23N3O. The number of carbonyl (C=O) groups is 1. The number of nitrogens with one attached hydrogen (secondary N) is 2. The van der Waals surface area contributed by atoms with Crippen LogP contribution in [0, 0.1) is 0 Å². The summed E-state index contributed by atoms with van der Waals surface area (Å²) in [6.45, 7) is 8.72. The van der Waals surface area contributed by atoms with Crippen molar-refractivity contribution in [3.8, 4) is 0 Å². The molecule has 0 aliphatic carbocycles. The van der Waals surface area contributed by atoms with E-state index in [9.17, 15) is 4.79 Å². The second-order valence-electron chi connectivity index (χ2n) is 5.01. The van der Waals surface area contributed by atoms with Crippen LogP contribution in [0.25, 0.3) is 0 Å². The molecule has 0 saturated carbocycles. The molecule has 0 fully saturated rings. The Balaban J connectivity index is 3.83. The first-order valence-electron chi connectivity index (χ1n) is 4.94. The minimum absolute atomic E-state index is 0.105. The highest BCUT2D eigenvalue weighted by atomic mass is 16.2. The Morgan fingerprint density at radius 3 is 2.21 bits per heavy atom. The molecule has 4 nitrogen and oxygen atoms in total. The Morgan fingerprint density at radius 1 is 1.36 bits per heavy atom. The minimum Gasteiger partial charge on any atom is -0.334 e. The van der Waals surface area contributed by atoms with E-state index in [0.717, 1.165) is 6.54 Å². The summed E-state index contributed by atoms with van der Waals surface area (Å²) in [5.74, 6) is 0. The summed E-state index contributed by atoms with van der Waals surface area (Å²) >= 11 is 0. The van der Waals surface area contributed by atoms with Gasteiger partial charge in [0.15, 0.2) is 0 Å². The van der Waals surface area contributed by atoms with E-state index in [-0.39, 0.29) is 17.6 Å². The van der Waals surface area contributed by atoms with Crippen molar-refractivity contribution in [1.82, 2.24) is 15.5 Å². The molecule has 0 aromatic rings. The number of likely N-dealkylation sites (N-methyl/N-ethyl adjacent to an activating group) is 1. The first kappa shape index (κ1) is 13.2. The van der Waals surface area contributed by atoms with Gasteiger partial charge < -0.3 is 15.5 Å². The molecule has 1 atom stereocenters. The van der Waals surface area contributed by atoms with E-state index in [2.05, 4.69) is 10.6 Å². The first-order valence-corrected chi connectivity index (χ1v) is 4.94. The zero-order chi connectivity index (χ0) is 11.4. The van der Waals surface area contributed by atoms with Crippen LogP contribution in [-0.2, 0) is 0 Å². The molecule has 2 N–H and O–H groups in total. The van der Waals surface area contributed by atoms with Crippen LogP contribution >= 0.6 is 0 Å². The van der Waals surface area contributed by atoms with Gasteiger partial charge in [0.05, 0.1) is 0 Å². The van der Waals surface area contributed by atoms with Crippen molar-refractivity contribution < 1.29 is 4.79 Å². The van der Waals surface area contributed by atoms with E-state index in [1.165, 1.54) is 0 Å². The third-order valence-corrected chi connectivity index (χ3v) is 1.51. The summed E-state index contributed by atoms with van der Waals surface area (Å²) in [6.07, 6.45) is 0. The number of rotatable bonds is 3. The third-order valence-electron chi connectivity index (χ3n) is 1.51. The SMILES string of the molecule is CC(CN(C)C)NC(=O)NC(C)(C)C. The van der Waals surface area contributed by atoms with Crippen LogP contribution in [0.15, 0.2) is 0 Å². The Hall–Kier alpha value is -0.770. The predicted octanol–water partition coefficient (Wildman–Crippen LogP) is 1.03. The molecule has 0 saturated heterocycles. The van der Waals surface area contributed by atoms with E-state index in [0.29, 0.717) is 0 Å². The summed E-state index contributed by atoms with van der Waals surface area (Å²) in [5, 5.41) is 5.73. The molecule has 0 rings (SSSR count). The van der Waals surface area contributed by atoms with Gasteiger partial charge in [-0.05, 0) is 41.8 Å². The molecule has 0 radical (unpaired) electrons. The number of carbonyl (C=O) groups excluding carboxylic acids is 1. The molecule has 0 aromatic heterocycles. The molecule has 1 unspecified atom stereocenters. The van der Waals surface area contributed by atoms with E-state index in [1.54, 1.807) is 0 Å². The molecular weight excluding hydrogens is 178 g/mol. The van der Waals surface area contributed by atoms with Crippen molar-refractivity contribution in [1.29, 1.82) is 0 Å². The molecule has 0 heterocycles. The van der Waals surface area contributed by atoms with Gasteiger partial charge in [-0.2, -0.15) is 0 Å². The maximum atomic E-state index is 11.4. The summed E-state index contributed by atoms with van der Waals surface area (Å²) in [6, 6.07) is 0.0548. The highest BCUT2D eigenvalue weighted by Gasteiger charge is 2.15. The number of hydrogen-bond donors (Lipinski definition) is 2. The summed E-state index contributed by atoms with van der Waals surface area (Å²) < 4.78 is 0. The normalized spacial score (nSPS) is 13.9. The molecule has 0 bridgehead atoms. The average Bonchev–Trinajstić information content (AvgIpc) is 1.77. The molecule has 84 valence electrons. The van der Waals surface area contributed by atoms with E-state index in [1.807, 2.05) is 46.7 Å². The topological polar surface area (TPSA) is 44.4 Å². The zero-order valence-electron chi connectivity index (χ0n) is 10.1. The summed E-state index contributed by atoms with van der Waals surface area (Å²) in [5.41, 5.74) is -0.179. The Kier molecular flexibility index (Phi) is 4.91. The Morgan fingerprint density at radius 2 is 1.86 bits per heavy atom. The maximum absolute atomic E-state index is 11.4. The minimum atomic E-state index is -0.179. The number of hydrogen-bond acceptors (Lipinski definition) is 2. The van der Waals surface area contributed by atoms with Crippen molar-refractivity contribution in [2.24, 2.45) is 0 Å². The van der Waals surface area contributed by atoms with E-state index < -0.39 is 0 Å². The fourth-order valence-corrected chi connectivity index (χ4v) is 1.19. The highest BCUT2D eigenvalue weighted by molar-refractivity contribution is 5.74. The van der Waals surface area contributed by atoms with Gasteiger partial charge >= 0.3 is 6.03 Å². The molecule has 2 amide bonds. The molecule has 0 spiro atoms. The van der Waals surface area contributed by atoms with Gasteiger partial charge in [0.1, 0.15) is 0 Å². The van der Waals surface area contributed by atoms with E-state index in [4.69, 9.17) is 0 Å². The predicted molar refractivity (Wildman–Crippen MR) is 59.4 cm³/mol. The summed E-state index contributed by atoms with van der Waals surface area (Å²) in [7, 11) is 3.97. The molecule has 4 heteroatoms. The van der Waals surface area contributed by atoms with Gasteiger partial charge in [-0.1, -0.05) is 0 Å². The van der Waals surface area contributed by atoms with Crippen LogP contribution in [0.3, 0.4) is 0 Å². The third kappa shape index (κ3) is 7.86. The smallest absolute Gasteiger partial charge is 0.315 e. The van der Waals surface area contributed by atoms with Crippen LogP contribution in [0.1, 0.15) is 27.7 Å². The van der Waals surface area contributed by atoms with Crippen molar-refractivity contribution in [2.75, 3.05) is 20.6 Å².